The van der Waals surface area contributed by atoms with E-state index < -0.39 is 0 Å². The van der Waals surface area contributed by atoms with Crippen molar-refractivity contribution in [3.63, 3.8) is 0 Å². The van der Waals surface area contributed by atoms with Gasteiger partial charge in [0.2, 0.25) is 0 Å². The first-order chi connectivity index (χ1) is 9.25. The standard InChI is InChI=1S/C15H20N4/c1-11-14(18-10-19(11)2)9-17-13-7-3-5-12-6-4-8-16-15(12)13/h4,6,8,10,13,17H,3,5,7,9H2,1-2H3. The van der Waals surface area contributed by atoms with Gasteiger partial charge in [0, 0.05) is 25.5 Å². The fourth-order valence-corrected chi connectivity index (χ4v) is 2.74. The molecular weight excluding hydrogens is 236 g/mol. The van der Waals surface area contributed by atoms with Crippen LogP contribution < -0.4 is 5.32 Å². The smallest absolute Gasteiger partial charge is 0.0949 e. The molecule has 0 radical (unpaired) electrons. The molecule has 0 bridgehead atoms. The van der Waals surface area contributed by atoms with E-state index in [1.807, 2.05) is 25.6 Å². The Morgan fingerprint density at radius 2 is 2.32 bits per heavy atom. The average Bonchev–Trinajstić information content (AvgIpc) is 2.76. The maximum Gasteiger partial charge on any atom is 0.0949 e. The van der Waals surface area contributed by atoms with Crippen LogP contribution in [-0.4, -0.2) is 14.5 Å². The minimum absolute atomic E-state index is 0.367. The fraction of sp³-hybridized carbons (Fsp3) is 0.467. The molecule has 0 saturated heterocycles. The summed E-state index contributed by atoms with van der Waals surface area (Å²) in [5.41, 5.74) is 4.97. The summed E-state index contributed by atoms with van der Waals surface area (Å²) in [4.78, 5) is 8.99. The maximum atomic E-state index is 4.55. The zero-order valence-electron chi connectivity index (χ0n) is 11.6. The maximum absolute atomic E-state index is 4.55. The van der Waals surface area contributed by atoms with Crippen LogP contribution in [0.25, 0.3) is 0 Å². The fourth-order valence-electron chi connectivity index (χ4n) is 2.74. The monoisotopic (exact) mass is 256 g/mol. The molecular formula is C15H20N4. The lowest BCUT2D eigenvalue weighted by Gasteiger charge is -2.25. The van der Waals surface area contributed by atoms with E-state index >= 15 is 0 Å². The highest BCUT2D eigenvalue weighted by Crippen LogP contribution is 2.27. The van der Waals surface area contributed by atoms with Crippen molar-refractivity contribution < 1.29 is 0 Å². The van der Waals surface area contributed by atoms with Crippen molar-refractivity contribution in [1.82, 2.24) is 19.9 Å². The molecule has 2 aromatic heterocycles. The number of aromatic nitrogens is 3. The molecule has 19 heavy (non-hydrogen) atoms. The molecule has 1 N–H and O–H groups in total. The number of pyridine rings is 1. The molecule has 0 fully saturated rings. The van der Waals surface area contributed by atoms with Crippen molar-refractivity contribution in [2.75, 3.05) is 0 Å². The second kappa shape index (κ2) is 5.13. The van der Waals surface area contributed by atoms with Crippen molar-refractivity contribution in [2.45, 2.75) is 38.8 Å². The molecule has 1 aliphatic rings. The van der Waals surface area contributed by atoms with E-state index in [1.165, 1.54) is 23.4 Å². The van der Waals surface area contributed by atoms with Gasteiger partial charge >= 0.3 is 0 Å². The Kier molecular flexibility index (Phi) is 3.34. The zero-order valence-corrected chi connectivity index (χ0v) is 11.6. The summed E-state index contributed by atoms with van der Waals surface area (Å²) < 4.78 is 2.06. The number of nitrogens with zero attached hydrogens (tertiary/aromatic N) is 3. The molecule has 0 aromatic carbocycles. The topological polar surface area (TPSA) is 42.7 Å². The van der Waals surface area contributed by atoms with Crippen molar-refractivity contribution in [1.29, 1.82) is 0 Å². The van der Waals surface area contributed by atoms with Crippen LogP contribution in [0.1, 0.15) is 41.5 Å². The van der Waals surface area contributed by atoms with Crippen LogP contribution in [0.5, 0.6) is 0 Å². The Balaban J connectivity index is 1.73. The summed E-state index contributed by atoms with van der Waals surface area (Å²) in [5, 5.41) is 3.61. The van der Waals surface area contributed by atoms with Gasteiger partial charge in [0.25, 0.3) is 0 Å². The molecule has 1 aliphatic carbocycles. The first-order valence-electron chi connectivity index (χ1n) is 6.89. The van der Waals surface area contributed by atoms with Crippen LogP contribution in [0.3, 0.4) is 0 Å². The first kappa shape index (κ1) is 12.4. The van der Waals surface area contributed by atoms with Gasteiger partial charge in [-0.05, 0) is 37.8 Å². The van der Waals surface area contributed by atoms with Crippen LogP contribution in [-0.2, 0) is 20.0 Å². The number of fused-ring (bicyclic) bond motifs is 1. The molecule has 0 spiro atoms. The number of nitrogens with one attached hydrogen (secondary N) is 1. The lowest BCUT2D eigenvalue weighted by molar-refractivity contribution is 0.445. The lowest BCUT2D eigenvalue weighted by atomic mass is 9.92. The van der Waals surface area contributed by atoms with E-state index in [-0.39, 0.29) is 0 Å². The van der Waals surface area contributed by atoms with Crippen LogP contribution >= 0.6 is 0 Å². The molecule has 0 saturated carbocycles. The third-order valence-corrected chi connectivity index (χ3v) is 4.04. The Morgan fingerprint density at radius 3 is 3.11 bits per heavy atom. The van der Waals surface area contributed by atoms with Crippen molar-refractivity contribution >= 4 is 0 Å². The Hall–Kier alpha value is -1.68. The second-order valence-electron chi connectivity index (χ2n) is 5.26. The predicted molar refractivity (Wildman–Crippen MR) is 74.7 cm³/mol. The van der Waals surface area contributed by atoms with Crippen LogP contribution in [0.2, 0.25) is 0 Å². The van der Waals surface area contributed by atoms with Gasteiger partial charge in [0.1, 0.15) is 0 Å². The van der Waals surface area contributed by atoms with E-state index in [1.54, 1.807) is 0 Å². The lowest BCUT2D eigenvalue weighted by Crippen LogP contribution is -2.26. The second-order valence-corrected chi connectivity index (χ2v) is 5.26. The summed E-state index contributed by atoms with van der Waals surface area (Å²) in [7, 11) is 2.03. The zero-order chi connectivity index (χ0) is 13.2. The summed E-state index contributed by atoms with van der Waals surface area (Å²) in [5.74, 6) is 0. The van der Waals surface area contributed by atoms with Gasteiger partial charge < -0.3 is 9.88 Å². The molecule has 4 nitrogen and oxygen atoms in total. The van der Waals surface area contributed by atoms with Gasteiger partial charge in [-0.3, -0.25) is 4.98 Å². The minimum Gasteiger partial charge on any atom is -0.338 e. The summed E-state index contributed by atoms with van der Waals surface area (Å²) in [6.07, 6.45) is 7.32. The van der Waals surface area contributed by atoms with Gasteiger partial charge in [0.15, 0.2) is 0 Å². The molecule has 100 valence electrons. The highest BCUT2D eigenvalue weighted by Gasteiger charge is 2.21. The number of rotatable bonds is 3. The predicted octanol–water partition coefficient (Wildman–Crippen LogP) is 2.29. The third kappa shape index (κ3) is 2.40. The van der Waals surface area contributed by atoms with Crippen molar-refractivity contribution in [3.8, 4) is 0 Å². The SMILES string of the molecule is Cc1c(CNC2CCCc3cccnc32)ncn1C. The average molecular weight is 256 g/mol. The summed E-state index contributed by atoms with van der Waals surface area (Å²) in [6.45, 7) is 2.92. The molecule has 4 heteroatoms. The van der Waals surface area contributed by atoms with E-state index in [9.17, 15) is 0 Å². The van der Waals surface area contributed by atoms with E-state index in [0.29, 0.717) is 6.04 Å². The van der Waals surface area contributed by atoms with Gasteiger partial charge in [0.05, 0.1) is 23.8 Å². The van der Waals surface area contributed by atoms with E-state index in [2.05, 4.69) is 32.8 Å². The number of hydrogen-bond acceptors (Lipinski definition) is 3. The van der Waals surface area contributed by atoms with Gasteiger partial charge in [-0.1, -0.05) is 6.07 Å². The number of hydrogen-bond donors (Lipinski definition) is 1. The Morgan fingerprint density at radius 1 is 1.42 bits per heavy atom. The molecule has 1 atom stereocenters. The van der Waals surface area contributed by atoms with Crippen molar-refractivity contribution in [2.24, 2.45) is 7.05 Å². The highest BCUT2D eigenvalue weighted by molar-refractivity contribution is 5.25. The van der Waals surface area contributed by atoms with Crippen molar-refractivity contribution in [3.05, 3.63) is 47.3 Å². The summed E-state index contributed by atoms with van der Waals surface area (Å²) >= 11 is 0. The molecule has 0 amide bonds. The molecule has 0 aliphatic heterocycles. The first-order valence-corrected chi connectivity index (χ1v) is 6.89. The summed E-state index contributed by atoms with van der Waals surface area (Å²) in [6, 6.07) is 4.60. The van der Waals surface area contributed by atoms with Gasteiger partial charge in [-0.15, -0.1) is 0 Å². The largest absolute Gasteiger partial charge is 0.338 e. The number of aryl methyl sites for hydroxylation is 2. The van der Waals surface area contributed by atoms with Gasteiger partial charge in [-0.25, -0.2) is 4.98 Å². The Labute approximate surface area is 113 Å². The third-order valence-electron chi connectivity index (χ3n) is 4.04. The van der Waals surface area contributed by atoms with Crippen LogP contribution in [0.15, 0.2) is 24.7 Å². The normalized spacial score (nSPS) is 18.3. The van der Waals surface area contributed by atoms with Crippen LogP contribution in [0.4, 0.5) is 0 Å². The van der Waals surface area contributed by atoms with E-state index in [4.69, 9.17) is 0 Å². The molecule has 2 heterocycles. The molecule has 3 rings (SSSR count). The van der Waals surface area contributed by atoms with Crippen LogP contribution in [0, 0.1) is 6.92 Å². The Bertz CT molecular complexity index is 573. The number of imidazole rings is 1. The minimum atomic E-state index is 0.367. The quantitative estimate of drug-likeness (QED) is 0.916. The van der Waals surface area contributed by atoms with Gasteiger partial charge in [-0.2, -0.15) is 0 Å². The molecule has 2 aromatic rings. The van der Waals surface area contributed by atoms with E-state index in [0.717, 1.165) is 25.1 Å². The highest BCUT2D eigenvalue weighted by atomic mass is 15.1. The molecule has 1 unspecified atom stereocenters.